The molecule has 0 aliphatic carbocycles. The van der Waals surface area contributed by atoms with Gasteiger partial charge in [0.25, 0.3) is 0 Å². The van der Waals surface area contributed by atoms with Gasteiger partial charge >= 0.3 is 12.2 Å². The van der Waals surface area contributed by atoms with Crippen LogP contribution >= 0.6 is 11.6 Å². The number of hydrogen-bond donors (Lipinski definition) is 1. The quantitative estimate of drug-likeness (QED) is 0.314. The zero-order chi connectivity index (χ0) is 25.4. The summed E-state index contributed by atoms with van der Waals surface area (Å²) in [6, 6.07) is 14.6. The van der Waals surface area contributed by atoms with E-state index >= 15 is 0 Å². The number of nitrogens with zero attached hydrogens (tertiary/aromatic N) is 2. The van der Waals surface area contributed by atoms with E-state index in [4.69, 9.17) is 21.1 Å². The molecule has 0 aliphatic rings. The van der Waals surface area contributed by atoms with E-state index in [9.17, 15) is 9.59 Å². The molecule has 7 nitrogen and oxygen atoms in total. The Hall–Kier alpha value is -3.76. The molecular formula is C27H28ClN3O4. The normalized spacial score (nSPS) is 10.8. The Bertz CT molecular complexity index is 1270. The third-order valence-corrected chi connectivity index (χ3v) is 4.85. The number of carbonyl (C=O) groups excluding carboxylic acids is 2. The van der Waals surface area contributed by atoms with E-state index in [-0.39, 0.29) is 12.6 Å². The minimum absolute atomic E-state index is 0.00571. The molecule has 3 aromatic rings. The van der Waals surface area contributed by atoms with Gasteiger partial charge in [-0.3, -0.25) is 5.32 Å². The van der Waals surface area contributed by atoms with Gasteiger partial charge in [0.15, 0.2) is 0 Å². The smallest absolute Gasteiger partial charge is 0.421 e. The van der Waals surface area contributed by atoms with Crippen LogP contribution in [0.4, 0.5) is 15.5 Å². The molecular weight excluding hydrogens is 466 g/mol. The number of nitrogens with one attached hydrogen (secondary N) is 1. The first kappa shape index (κ1) is 25.9. The zero-order valence-electron chi connectivity index (χ0n) is 20.2. The summed E-state index contributed by atoms with van der Waals surface area (Å²) in [5.41, 5.74) is 1.88. The highest BCUT2D eigenvalue weighted by Gasteiger charge is 2.25. The summed E-state index contributed by atoms with van der Waals surface area (Å²) >= 11 is 6.04. The van der Waals surface area contributed by atoms with Crippen molar-refractivity contribution in [2.24, 2.45) is 0 Å². The number of ether oxygens (including phenoxy) is 2. The Morgan fingerprint density at radius 3 is 2.43 bits per heavy atom. The van der Waals surface area contributed by atoms with Gasteiger partial charge in [-0.05, 0) is 57.5 Å². The lowest BCUT2D eigenvalue weighted by Gasteiger charge is -2.21. The Morgan fingerprint density at radius 2 is 1.77 bits per heavy atom. The van der Waals surface area contributed by atoms with Crippen LogP contribution in [0.1, 0.15) is 51.7 Å². The zero-order valence-corrected chi connectivity index (χ0v) is 21.0. The minimum Gasteiger partial charge on any atom is -0.449 e. The average molecular weight is 494 g/mol. The van der Waals surface area contributed by atoms with Crippen LogP contribution in [0.3, 0.4) is 0 Å². The fourth-order valence-corrected chi connectivity index (χ4v) is 3.23. The van der Waals surface area contributed by atoms with Crippen LogP contribution in [-0.2, 0) is 9.47 Å². The summed E-state index contributed by atoms with van der Waals surface area (Å²) in [6.45, 7) is 7.56. The van der Waals surface area contributed by atoms with Gasteiger partial charge in [0, 0.05) is 21.7 Å². The number of halogens is 1. The van der Waals surface area contributed by atoms with Gasteiger partial charge in [0.2, 0.25) is 5.95 Å². The van der Waals surface area contributed by atoms with Gasteiger partial charge in [-0.1, -0.05) is 55.0 Å². The maximum Gasteiger partial charge on any atom is 0.421 e. The van der Waals surface area contributed by atoms with Crippen molar-refractivity contribution in [3.8, 4) is 23.1 Å². The standard InChI is InChI=1S/C27H28ClN3O4/c1-5-6-15-34-25(32)30-24-29-18-23(31(24)26(33)35-27(2,3)4)21-11-7-9-19(16-21)13-14-20-10-8-12-22(28)17-20/h7-12,16-18H,5-6,15H2,1-4H3,(H,29,30,32). The molecule has 1 heterocycles. The lowest BCUT2D eigenvalue weighted by molar-refractivity contribution is 0.0543. The third-order valence-electron chi connectivity index (χ3n) is 4.62. The van der Waals surface area contributed by atoms with Crippen molar-refractivity contribution >= 4 is 29.7 Å². The summed E-state index contributed by atoms with van der Waals surface area (Å²) in [4.78, 5) is 29.5. The van der Waals surface area contributed by atoms with Gasteiger partial charge in [-0.15, -0.1) is 0 Å². The molecule has 182 valence electrons. The Labute approximate surface area is 210 Å². The highest BCUT2D eigenvalue weighted by atomic mass is 35.5. The fraction of sp³-hybridized carbons (Fsp3) is 0.296. The SMILES string of the molecule is CCCCOC(=O)Nc1ncc(-c2cccc(C#Cc3cccc(Cl)c3)c2)n1C(=O)OC(C)(C)C. The van der Waals surface area contributed by atoms with Gasteiger partial charge in [-0.25, -0.2) is 19.1 Å². The molecule has 0 spiro atoms. The number of hydrogen-bond acceptors (Lipinski definition) is 5. The van der Waals surface area contributed by atoms with E-state index in [0.717, 1.165) is 24.0 Å². The van der Waals surface area contributed by atoms with Crippen LogP contribution in [0.2, 0.25) is 5.02 Å². The molecule has 1 N–H and O–H groups in total. The second-order valence-corrected chi connectivity index (χ2v) is 9.17. The topological polar surface area (TPSA) is 82.5 Å². The average Bonchev–Trinajstić information content (AvgIpc) is 3.21. The third kappa shape index (κ3) is 7.62. The first-order chi connectivity index (χ1) is 16.7. The number of unbranched alkanes of at least 4 members (excludes halogenated alkanes) is 1. The van der Waals surface area contributed by atoms with E-state index in [1.807, 2.05) is 43.3 Å². The lowest BCUT2D eigenvalue weighted by atomic mass is 10.1. The number of anilines is 1. The van der Waals surface area contributed by atoms with Gasteiger partial charge in [0.05, 0.1) is 18.5 Å². The number of imidazole rings is 1. The molecule has 2 aromatic carbocycles. The molecule has 35 heavy (non-hydrogen) atoms. The van der Waals surface area contributed by atoms with Crippen LogP contribution in [0.25, 0.3) is 11.3 Å². The second-order valence-electron chi connectivity index (χ2n) is 8.74. The van der Waals surface area contributed by atoms with Crippen LogP contribution < -0.4 is 5.32 Å². The van der Waals surface area contributed by atoms with Gasteiger partial charge in [-0.2, -0.15) is 0 Å². The number of aromatic nitrogens is 2. The highest BCUT2D eigenvalue weighted by Crippen LogP contribution is 2.26. The van der Waals surface area contributed by atoms with E-state index in [0.29, 0.717) is 16.3 Å². The summed E-state index contributed by atoms with van der Waals surface area (Å²) in [7, 11) is 0. The van der Waals surface area contributed by atoms with Crippen LogP contribution in [-0.4, -0.2) is 33.9 Å². The highest BCUT2D eigenvalue weighted by molar-refractivity contribution is 6.30. The predicted octanol–water partition coefficient (Wildman–Crippen LogP) is 6.74. The summed E-state index contributed by atoms with van der Waals surface area (Å²) in [5.74, 6) is 6.20. The Morgan fingerprint density at radius 1 is 1.09 bits per heavy atom. The van der Waals surface area contributed by atoms with Crippen molar-refractivity contribution in [3.63, 3.8) is 0 Å². The van der Waals surface area contributed by atoms with E-state index in [2.05, 4.69) is 22.1 Å². The maximum absolute atomic E-state index is 13.1. The first-order valence-electron chi connectivity index (χ1n) is 11.3. The van der Waals surface area contributed by atoms with Crippen molar-refractivity contribution in [1.82, 2.24) is 9.55 Å². The van der Waals surface area contributed by atoms with E-state index in [1.54, 1.807) is 32.9 Å². The number of rotatable bonds is 5. The van der Waals surface area contributed by atoms with Gasteiger partial charge < -0.3 is 9.47 Å². The van der Waals surface area contributed by atoms with E-state index < -0.39 is 17.8 Å². The van der Waals surface area contributed by atoms with Crippen molar-refractivity contribution in [3.05, 3.63) is 70.9 Å². The molecule has 8 heteroatoms. The number of benzene rings is 2. The molecule has 0 saturated heterocycles. The molecule has 0 radical (unpaired) electrons. The molecule has 0 atom stereocenters. The van der Waals surface area contributed by atoms with Crippen molar-refractivity contribution in [1.29, 1.82) is 0 Å². The molecule has 0 aliphatic heterocycles. The largest absolute Gasteiger partial charge is 0.449 e. The summed E-state index contributed by atoms with van der Waals surface area (Å²) < 4.78 is 11.9. The Balaban J connectivity index is 1.95. The summed E-state index contributed by atoms with van der Waals surface area (Å²) in [6.07, 6.45) is 1.75. The molecule has 1 amide bonds. The lowest BCUT2D eigenvalue weighted by Crippen LogP contribution is -2.29. The number of amides is 1. The number of carbonyl (C=O) groups is 2. The van der Waals surface area contributed by atoms with Crippen molar-refractivity contribution < 1.29 is 19.1 Å². The summed E-state index contributed by atoms with van der Waals surface area (Å²) in [5, 5.41) is 3.15. The van der Waals surface area contributed by atoms with Crippen LogP contribution in [0, 0.1) is 11.8 Å². The second kappa shape index (κ2) is 11.6. The maximum atomic E-state index is 13.1. The minimum atomic E-state index is -0.748. The molecule has 0 unspecified atom stereocenters. The molecule has 0 saturated carbocycles. The van der Waals surface area contributed by atoms with Crippen molar-refractivity contribution in [2.75, 3.05) is 11.9 Å². The monoisotopic (exact) mass is 493 g/mol. The van der Waals surface area contributed by atoms with Crippen LogP contribution in [0.15, 0.2) is 54.7 Å². The predicted molar refractivity (Wildman–Crippen MR) is 137 cm³/mol. The fourth-order valence-electron chi connectivity index (χ4n) is 3.04. The van der Waals surface area contributed by atoms with Crippen LogP contribution in [0.5, 0.6) is 0 Å². The van der Waals surface area contributed by atoms with Gasteiger partial charge in [0.1, 0.15) is 5.60 Å². The van der Waals surface area contributed by atoms with Crippen molar-refractivity contribution in [2.45, 2.75) is 46.1 Å². The first-order valence-corrected chi connectivity index (χ1v) is 11.7. The Kier molecular flexibility index (Phi) is 8.56. The molecule has 3 rings (SSSR count). The molecule has 0 bridgehead atoms. The van der Waals surface area contributed by atoms with E-state index in [1.165, 1.54) is 10.8 Å². The molecule has 0 fully saturated rings. The molecule has 1 aromatic heterocycles.